The van der Waals surface area contributed by atoms with Crippen molar-refractivity contribution in [1.29, 1.82) is 5.26 Å². The first-order chi connectivity index (χ1) is 11.2. The van der Waals surface area contributed by atoms with Crippen molar-refractivity contribution < 1.29 is 26.3 Å². The van der Waals surface area contributed by atoms with E-state index in [-0.39, 0.29) is 21.9 Å². The Kier molecular flexibility index (Phi) is 4.99. The molecule has 24 heavy (non-hydrogen) atoms. The van der Waals surface area contributed by atoms with Gasteiger partial charge in [0.05, 0.1) is 16.5 Å². The number of hydrogen-bond acceptors (Lipinski definition) is 4. The first-order valence-corrected chi connectivity index (χ1v) is 8.00. The van der Waals surface area contributed by atoms with Gasteiger partial charge >= 0.3 is 6.18 Å². The summed E-state index contributed by atoms with van der Waals surface area (Å²) in [5.74, 6) is -0.0400. The zero-order valence-corrected chi connectivity index (χ0v) is 12.9. The summed E-state index contributed by atoms with van der Waals surface area (Å²) in [5, 5.41) is 8.80. The summed E-state index contributed by atoms with van der Waals surface area (Å²) < 4.78 is 67.4. The molecule has 2 aromatic rings. The molecule has 0 fully saturated rings. The van der Waals surface area contributed by atoms with E-state index in [2.05, 4.69) is 9.46 Å². The van der Waals surface area contributed by atoms with Gasteiger partial charge in [0.25, 0.3) is 10.0 Å². The van der Waals surface area contributed by atoms with Crippen molar-refractivity contribution in [3.8, 4) is 11.8 Å². The maximum atomic E-state index is 12.2. The Morgan fingerprint density at radius 3 is 2.38 bits per heavy atom. The van der Waals surface area contributed by atoms with Crippen LogP contribution in [0.25, 0.3) is 0 Å². The topological polar surface area (TPSA) is 79.2 Å². The molecule has 0 saturated heterocycles. The van der Waals surface area contributed by atoms with E-state index < -0.39 is 22.8 Å². The fraction of sp³-hybridized carbons (Fsp3) is 0.133. The molecule has 0 aliphatic rings. The van der Waals surface area contributed by atoms with Crippen LogP contribution in [0.3, 0.4) is 0 Å². The van der Waals surface area contributed by atoms with Gasteiger partial charge in [-0.25, -0.2) is 8.42 Å². The lowest BCUT2D eigenvalue weighted by Gasteiger charge is -2.11. The molecule has 0 heterocycles. The average Bonchev–Trinajstić information content (AvgIpc) is 2.53. The number of nitriles is 1. The largest absolute Gasteiger partial charge is 0.484 e. The SMILES string of the molecule is N#Cc1cccc(S(=O)(=O)Nc2ccc(OCC(F)(F)F)cc2)c1. The van der Waals surface area contributed by atoms with E-state index in [1.165, 1.54) is 48.5 Å². The van der Waals surface area contributed by atoms with Crippen LogP contribution >= 0.6 is 0 Å². The van der Waals surface area contributed by atoms with Gasteiger partial charge in [-0.2, -0.15) is 18.4 Å². The molecule has 5 nitrogen and oxygen atoms in total. The van der Waals surface area contributed by atoms with Crippen LogP contribution in [-0.2, 0) is 10.0 Å². The highest BCUT2D eigenvalue weighted by Gasteiger charge is 2.28. The van der Waals surface area contributed by atoms with E-state index >= 15 is 0 Å². The highest BCUT2D eigenvalue weighted by atomic mass is 32.2. The lowest BCUT2D eigenvalue weighted by molar-refractivity contribution is -0.153. The van der Waals surface area contributed by atoms with Gasteiger partial charge in [0.1, 0.15) is 5.75 Å². The molecular formula is C15H11F3N2O3S. The van der Waals surface area contributed by atoms with Crippen molar-refractivity contribution in [3.63, 3.8) is 0 Å². The fourth-order valence-electron chi connectivity index (χ4n) is 1.73. The zero-order valence-electron chi connectivity index (χ0n) is 12.0. The molecule has 0 saturated carbocycles. The molecule has 0 spiro atoms. The summed E-state index contributed by atoms with van der Waals surface area (Å²) in [6.07, 6.45) is -4.45. The maximum Gasteiger partial charge on any atom is 0.422 e. The Labute approximate surface area is 136 Å². The fourth-order valence-corrected chi connectivity index (χ4v) is 2.84. The monoisotopic (exact) mass is 356 g/mol. The van der Waals surface area contributed by atoms with Crippen molar-refractivity contribution in [2.75, 3.05) is 11.3 Å². The molecule has 0 atom stereocenters. The number of anilines is 1. The number of nitrogens with one attached hydrogen (secondary N) is 1. The number of halogens is 3. The molecule has 0 radical (unpaired) electrons. The van der Waals surface area contributed by atoms with Crippen LogP contribution in [0.2, 0.25) is 0 Å². The smallest absolute Gasteiger partial charge is 0.422 e. The summed E-state index contributed by atoms with van der Waals surface area (Å²) in [6.45, 7) is -1.43. The van der Waals surface area contributed by atoms with Gasteiger partial charge in [0.2, 0.25) is 0 Å². The second kappa shape index (κ2) is 6.80. The van der Waals surface area contributed by atoms with Gasteiger partial charge in [-0.3, -0.25) is 4.72 Å². The Morgan fingerprint density at radius 1 is 1.12 bits per heavy atom. The van der Waals surface area contributed by atoms with Crippen LogP contribution in [0.1, 0.15) is 5.56 Å². The lowest BCUT2D eigenvalue weighted by Crippen LogP contribution is -2.19. The van der Waals surface area contributed by atoms with Gasteiger partial charge in [-0.15, -0.1) is 0 Å². The molecule has 0 aliphatic heterocycles. The van der Waals surface area contributed by atoms with E-state index in [9.17, 15) is 21.6 Å². The number of sulfonamides is 1. The van der Waals surface area contributed by atoms with Crippen LogP contribution in [0, 0.1) is 11.3 Å². The zero-order chi connectivity index (χ0) is 17.8. The first-order valence-electron chi connectivity index (χ1n) is 6.52. The standard InChI is InChI=1S/C15H11F3N2O3S/c16-15(17,18)10-23-13-6-4-12(5-7-13)20-24(21,22)14-3-1-2-11(8-14)9-19/h1-8,20H,10H2. The van der Waals surface area contributed by atoms with Crippen molar-refractivity contribution in [3.05, 3.63) is 54.1 Å². The van der Waals surface area contributed by atoms with Gasteiger partial charge in [0.15, 0.2) is 6.61 Å². The first kappa shape index (κ1) is 17.6. The highest BCUT2D eigenvalue weighted by Crippen LogP contribution is 2.22. The number of ether oxygens (including phenoxy) is 1. The van der Waals surface area contributed by atoms with E-state index in [0.717, 1.165) is 0 Å². The third kappa shape index (κ3) is 4.89. The number of nitrogens with zero attached hydrogens (tertiary/aromatic N) is 1. The van der Waals surface area contributed by atoms with Crippen molar-refractivity contribution in [2.24, 2.45) is 0 Å². The quantitative estimate of drug-likeness (QED) is 0.891. The molecule has 0 aromatic heterocycles. The molecule has 2 aromatic carbocycles. The van der Waals surface area contributed by atoms with Crippen molar-refractivity contribution >= 4 is 15.7 Å². The third-order valence-corrected chi connectivity index (χ3v) is 4.16. The van der Waals surface area contributed by atoms with E-state index in [1.807, 2.05) is 6.07 Å². The molecule has 9 heteroatoms. The van der Waals surface area contributed by atoms with Gasteiger partial charge in [-0.05, 0) is 42.5 Å². The Morgan fingerprint density at radius 2 is 1.79 bits per heavy atom. The predicted octanol–water partition coefficient (Wildman–Crippen LogP) is 3.30. The second-order valence-corrected chi connectivity index (χ2v) is 6.36. The Balaban J connectivity index is 2.11. The van der Waals surface area contributed by atoms with E-state index in [4.69, 9.17) is 5.26 Å². The number of alkyl halides is 3. The summed E-state index contributed by atoms with van der Waals surface area (Å²) in [7, 11) is -3.92. The van der Waals surface area contributed by atoms with Gasteiger partial charge < -0.3 is 4.74 Å². The summed E-state index contributed by atoms with van der Waals surface area (Å²) >= 11 is 0. The normalized spacial score (nSPS) is 11.6. The van der Waals surface area contributed by atoms with Crippen LogP contribution in [0.5, 0.6) is 5.75 Å². The van der Waals surface area contributed by atoms with Crippen LogP contribution in [0.15, 0.2) is 53.4 Å². The van der Waals surface area contributed by atoms with Crippen LogP contribution in [-0.4, -0.2) is 21.2 Å². The average molecular weight is 356 g/mol. The maximum absolute atomic E-state index is 12.2. The molecule has 1 N–H and O–H groups in total. The summed E-state index contributed by atoms with van der Waals surface area (Å²) in [5.41, 5.74) is 0.338. The van der Waals surface area contributed by atoms with Gasteiger partial charge in [0, 0.05) is 5.69 Å². The molecule has 0 unspecified atom stereocenters. The molecule has 0 bridgehead atoms. The Hall–Kier alpha value is -2.73. The predicted molar refractivity (Wildman–Crippen MR) is 80.0 cm³/mol. The second-order valence-electron chi connectivity index (χ2n) is 4.67. The van der Waals surface area contributed by atoms with Crippen molar-refractivity contribution in [2.45, 2.75) is 11.1 Å². The summed E-state index contributed by atoms with van der Waals surface area (Å²) in [6, 6.07) is 12.3. The van der Waals surface area contributed by atoms with Crippen LogP contribution in [0.4, 0.5) is 18.9 Å². The Bertz CT molecular complexity index is 857. The van der Waals surface area contributed by atoms with Crippen LogP contribution < -0.4 is 9.46 Å². The molecule has 0 amide bonds. The van der Waals surface area contributed by atoms with Crippen molar-refractivity contribution in [1.82, 2.24) is 0 Å². The molecule has 2 rings (SSSR count). The number of benzene rings is 2. The minimum Gasteiger partial charge on any atom is -0.484 e. The number of rotatable bonds is 5. The van der Waals surface area contributed by atoms with Gasteiger partial charge in [-0.1, -0.05) is 6.07 Å². The third-order valence-electron chi connectivity index (χ3n) is 2.78. The minimum absolute atomic E-state index is 0.0400. The van der Waals surface area contributed by atoms with E-state index in [1.54, 1.807) is 0 Å². The lowest BCUT2D eigenvalue weighted by atomic mass is 10.2. The number of hydrogen-bond donors (Lipinski definition) is 1. The minimum atomic E-state index is -4.45. The summed E-state index contributed by atoms with van der Waals surface area (Å²) in [4.78, 5) is -0.0982. The molecule has 0 aliphatic carbocycles. The highest BCUT2D eigenvalue weighted by molar-refractivity contribution is 7.92. The molecular weight excluding hydrogens is 345 g/mol. The molecule has 126 valence electrons. The van der Waals surface area contributed by atoms with E-state index in [0.29, 0.717) is 0 Å².